The summed E-state index contributed by atoms with van der Waals surface area (Å²) in [5.41, 5.74) is -1.05. The van der Waals surface area contributed by atoms with E-state index in [1.807, 2.05) is 0 Å². The van der Waals surface area contributed by atoms with E-state index in [0.29, 0.717) is 19.1 Å². The lowest BCUT2D eigenvalue weighted by atomic mass is 10.1. The first kappa shape index (κ1) is 17.8. The van der Waals surface area contributed by atoms with Gasteiger partial charge in [0.15, 0.2) is 5.69 Å². The van der Waals surface area contributed by atoms with Gasteiger partial charge in [-0.05, 0) is 20.3 Å². The molecule has 0 bridgehead atoms. The third kappa shape index (κ3) is 3.68. The highest BCUT2D eigenvalue weighted by molar-refractivity contribution is 5.92. The maximum Gasteiger partial charge on any atom is 0.435 e. The van der Waals surface area contributed by atoms with Crippen LogP contribution in [0.3, 0.4) is 0 Å². The second kappa shape index (κ2) is 6.51. The van der Waals surface area contributed by atoms with E-state index in [9.17, 15) is 18.0 Å². The zero-order valence-electron chi connectivity index (χ0n) is 13.9. The molecule has 130 valence electrons. The number of carbonyl (C=O) groups excluding carboxylic acids is 1. The molecular weight excluding hydrogens is 309 g/mol. The van der Waals surface area contributed by atoms with Gasteiger partial charge in [0.1, 0.15) is 5.69 Å². The molecule has 1 atom stereocenters. The van der Waals surface area contributed by atoms with Gasteiger partial charge in [0, 0.05) is 44.8 Å². The second-order valence-electron chi connectivity index (χ2n) is 6.18. The molecule has 1 aromatic heterocycles. The number of piperazine rings is 1. The van der Waals surface area contributed by atoms with E-state index in [4.69, 9.17) is 0 Å². The minimum Gasteiger partial charge on any atom is -0.334 e. The van der Waals surface area contributed by atoms with Crippen molar-refractivity contribution in [1.29, 1.82) is 0 Å². The maximum absolute atomic E-state index is 12.7. The van der Waals surface area contributed by atoms with Crippen molar-refractivity contribution in [3.8, 4) is 0 Å². The molecule has 8 heteroatoms. The Morgan fingerprint density at radius 2 is 2.04 bits per heavy atom. The highest BCUT2D eigenvalue weighted by Crippen LogP contribution is 2.29. The number of hydrogen-bond acceptors (Lipinski definition) is 3. The van der Waals surface area contributed by atoms with E-state index in [1.165, 1.54) is 7.05 Å². The molecule has 0 aromatic carbocycles. The highest BCUT2D eigenvalue weighted by Gasteiger charge is 2.37. The summed E-state index contributed by atoms with van der Waals surface area (Å²) in [5, 5.41) is 3.41. The number of halogens is 3. The molecule has 0 N–H and O–H groups in total. The summed E-state index contributed by atoms with van der Waals surface area (Å²) in [6.07, 6.45) is -3.65. The summed E-state index contributed by atoms with van der Waals surface area (Å²) in [6, 6.07) is 1.44. The van der Waals surface area contributed by atoms with Crippen LogP contribution >= 0.6 is 0 Å². The van der Waals surface area contributed by atoms with Crippen molar-refractivity contribution in [2.75, 3.05) is 19.6 Å². The molecule has 0 saturated carbocycles. The Morgan fingerprint density at radius 3 is 2.52 bits per heavy atom. The van der Waals surface area contributed by atoms with Crippen LogP contribution in [-0.2, 0) is 13.2 Å². The van der Waals surface area contributed by atoms with Gasteiger partial charge in [-0.2, -0.15) is 18.3 Å². The van der Waals surface area contributed by atoms with Crippen molar-refractivity contribution in [3.05, 3.63) is 17.5 Å². The molecule has 0 unspecified atom stereocenters. The Kier molecular flexibility index (Phi) is 5.03. The van der Waals surface area contributed by atoms with Crippen LogP contribution in [0.1, 0.15) is 43.4 Å². The number of alkyl halides is 3. The summed E-state index contributed by atoms with van der Waals surface area (Å²) < 4.78 is 39.2. The zero-order valence-corrected chi connectivity index (χ0v) is 13.9. The number of nitrogens with zero attached hydrogens (tertiary/aromatic N) is 4. The minimum atomic E-state index is -4.54. The summed E-state index contributed by atoms with van der Waals surface area (Å²) in [5.74, 6) is -0.391. The van der Waals surface area contributed by atoms with Crippen LogP contribution in [0.15, 0.2) is 6.07 Å². The molecule has 2 heterocycles. The van der Waals surface area contributed by atoms with Gasteiger partial charge in [-0.1, -0.05) is 6.92 Å². The molecule has 1 saturated heterocycles. The topological polar surface area (TPSA) is 41.4 Å². The Hall–Kier alpha value is -1.57. The summed E-state index contributed by atoms with van der Waals surface area (Å²) in [6.45, 7) is 8.04. The van der Waals surface area contributed by atoms with E-state index in [0.717, 1.165) is 23.7 Å². The van der Waals surface area contributed by atoms with Crippen LogP contribution in [0.2, 0.25) is 0 Å². The van der Waals surface area contributed by atoms with Gasteiger partial charge in [0.2, 0.25) is 0 Å². The van der Waals surface area contributed by atoms with Crippen molar-refractivity contribution >= 4 is 5.91 Å². The van der Waals surface area contributed by atoms with Gasteiger partial charge in [0.25, 0.3) is 5.91 Å². The first-order valence-electron chi connectivity index (χ1n) is 7.81. The van der Waals surface area contributed by atoms with E-state index >= 15 is 0 Å². The maximum atomic E-state index is 12.7. The van der Waals surface area contributed by atoms with Gasteiger partial charge in [0.05, 0.1) is 0 Å². The number of amides is 1. The van der Waals surface area contributed by atoms with Crippen molar-refractivity contribution in [1.82, 2.24) is 19.6 Å². The monoisotopic (exact) mass is 332 g/mol. The predicted octanol–water partition coefficient (Wildman–Crippen LogP) is 2.38. The van der Waals surface area contributed by atoms with Crippen molar-refractivity contribution in [2.24, 2.45) is 7.05 Å². The Bertz CT molecular complexity index is 568. The molecular formula is C15H23F3N4O. The Balaban J connectivity index is 2.17. The van der Waals surface area contributed by atoms with Crippen LogP contribution in [0.4, 0.5) is 13.2 Å². The zero-order chi connectivity index (χ0) is 17.4. The molecule has 23 heavy (non-hydrogen) atoms. The lowest BCUT2D eigenvalue weighted by molar-refractivity contribution is -0.141. The number of hydrogen-bond donors (Lipinski definition) is 0. The van der Waals surface area contributed by atoms with E-state index < -0.39 is 17.8 Å². The van der Waals surface area contributed by atoms with Crippen LogP contribution < -0.4 is 0 Å². The van der Waals surface area contributed by atoms with E-state index in [-0.39, 0.29) is 11.7 Å². The lowest BCUT2D eigenvalue weighted by Crippen LogP contribution is -2.56. The average Bonchev–Trinajstić information content (AvgIpc) is 2.87. The summed E-state index contributed by atoms with van der Waals surface area (Å²) >= 11 is 0. The first-order chi connectivity index (χ1) is 10.6. The van der Waals surface area contributed by atoms with Gasteiger partial charge in [-0.3, -0.25) is 14.4 Å². The standard InChI is InChI=1S/C15H23F3N4O/c1-5-11-9-21(6-7-22(11)10(2)3)14(23)12-8-13(15(16,17)18)19-20(12)4/h8,10-11H,5-7,9H2,1-4H3/t11-/m1/s1. The fraction of sp³-hybridized carbons (Fsp3) is 0.733. The Labute approximate surface area is 134 Å². The minimum absolute atomic E-state index is 0.0230. The van der Waals surface area contributed by atoms with E-state index in [1.54, 1.807) is 4.90 Å². The van der Waals surface area contributed by atoms with Crippen molar-refractivity contribution in [3.63, 3.8) is 0 Å². The number of aryl methyl sites for hydroxylation is 1. The van der Waals surface area contributed by atoms with Gasteiger partial charge < -0.3 is 4.90 Å². The number of aromatic nitrogens is 2. The largest absolute Gasteiger partial charge is 0.435 e. The fourth-order valence-electron chi connectivity index (χ4n) is 3.07. The van der Waals surface area contributed by atoms with Gasteiger partial charge in [-0.15, -0.1) is 0 Å². The fourth-order valence-corrected chi connectivity index (χ4v) is 3.07. The smallest absolute Gasteiger partial charge is 0.334 e. The normalized spacial score (nSPS) is 20.3. The molecule has 0 spiro atoms. The van der Waals surface area contributed by atoms with Crippen LogP contribution in [0.25, 0.3) is 0 Å². The number of rotatable bonds is 3. The molecule has 1 aromatic rings. The van der Waals surface area contributed by atoms with Gasteiger partial charge >= 0.3 is 6.18 Å². The predicted molar refractivity (Wildman–Crippen MR) is 80.0 cm³/mol. The van der Waals surface area contributed by atoms with Crippen molar-refractivity contribution in [2.45, 2.75) is 45.5 Å². The van der Waals surface area contributed by atoms with Crippen LogP contribution in [0, 0.1) is 0 Å². The summed E-state index contributed by atoms with van der Waals surface area (Å²) in [7, 11) is 1.37. The molecule has 0 aliphatic carbocycles. The molecule has 1 aliphatic rings. The summed E-state index contributed by atoms with van der Waals surface area (Å²) in [4.78, 5) is 16.5. The molecule has 2 rings (SSSR count). The second-order valence-corrected chi connectivity index (χ2v) is 6.18. The number of carbonyl (C=O) groups is 1. The average molecular weight is 332 g/mol. The lowest BCUT2D eigenvalue weighted by Gasteiger charge is -2.43. The molecule has 1 fully saturated rings. The molecule has 1 aliphatic heterocycles. The van der Waals surface area contributed by atoms with Crippen LogP contribution in [0.5, 0.6) is 0 Å². The highest BCUT2D eigenvalue weighted by atomic mass is 19.4. The molecule has 1 amide bonds. The first-order valence-corrected chi connectivity index (χ1v) is 7.81. The molecule has 5 nitrogen and oxygen atoms in total. The molecule has 0 radical (unpaired) electrons. The third-order valence-electron chi connectivity index (χ3n) is 4.34. The van der Waals surface area contributed by atoms with Gasteiger partial charge in [-0.25, -0.2) is 0 Å². The quantitative estimate of drug-likeness (QED) is 0.853. The Morgan fingerprint density at radius 1 is 1.39 bits per heavy atom. The third-order valence-corrected chi connectivity index (χ3v) is 4.34. The van der Waals surface area contributed by atoms with E-state index in [2.05, 4.69) is 30.8 Å². The van der Waals surface area contributed by atoms with Crippen molar-refractivity contribution < 1.29 is 18.0 Å². The SMILES string of the molecule is CC[C@@H]1CN(C(=O)c2cc(C(F)(F)F)nn2C)CCN1C(C)C. The van der Waals surface area contributed by atoms with Crippen LogP contribution in [-0.4, -0.2) is 57.2 Å².